The Morgan fingerprint density at radius 2 is 2.05 bits per heavy atom. The van der Waals surface area contributed by atoms with Gasteiger partial charge in [-0.15, -0.1) is 0 Å². The predicted octanol–water partition coefficient (Wildman–Crippen LogP) is 2.22. The summed E-state index contributed by atoms with van der Waals surface area (Å²) in [6.45, 7) is -0.0262. The van der Waals surface area contributed by atoms with Gasteiger partial charge in [-0.05, 0) is 11.6 Å². The fourth-order valence-electron chi connectivity index (χ4n) is 1.51. The van der Waals surface area contributed by atoms with Crippen LogP contribution in [0.4, 0.5) is 0 Å². The number of hydrogen-bond donors (Lipinski definition) is 1. The van der Waals surface area contributed by atoms with E-state index in [1.165, 1.54) is 12.3 Å². The van der Waals surface area contributed by atoms with E-state index in [1.54, 1.807) is 0 Å². The molecule has 0 amide bonds. The molecule has 1 aromatic heterocycles. The van der Waals surface area contributed by atoms with E-state index in [0.717, 1.165) is 5.56 Å². The zero-order chi connectivity index (χ0) is 13.5. The molecule has 0 aliphatic rings. The van der Waals surface area contributed by atoms with Crippen LogP contribution >= 0.6 is 0 Å². The SMILES string of the molecule is O=c1cc(CO)occ1OCC=Cc1ccccc1. The van der Waals surface area contributed by atoms with Crippen LogP contribution in [-0.2, 0) is 6.61 Å². The van der Waals surface area contributed by atoms with Gasteiger partial charge in [-0.25, -0.2) is 0 Å². The molecule has 4 nitrogen and oxygen atoms in total. The minimum Gasteiger partial charge on any atom is -0.482 e. The van der Waals surface area contributed by atoms with E-state index in [9.17, 15) is 4.79 Å². The van der Waals surface area contributed by atoms with E-state index in [4.69, 9.17) is 14.3 Å². The molecule has 1 aromatic carbocycles. The van der Waals surface area contributed by atoms with Crippen LogP contribution in [0.1, 0.15) is 11.3 Å². The third kappa shape index (κ3) is 3.82. The molecule has 0 atom stereocenters. The van der Waals surface area contributed by atoms with Gasteiger partial charge in [-0.3, -0.25) is 4.79 Å². The van der Waals surface area contributed by atoms with Crippen LogP contribution < -0.4 is 10.2 Å². The van der Waals surface area contributed by atoms with Crippen LogP contribution in [0.15, 0.2) is 57.9 Å². The van der Waals surface area contributed by atoms with E-state index >= 15 is 0 Å². The first-order chi connectivity index (χ1) is 9.29. The summed E-state index contributed by atoms with van der Waals surface area (Å²) in [6.07, 6.45) is 4.93. The first-order valence-electron chi connectivity index (χ1n) is 5.86. The minimum atomic E-state index is -0.302. The number of aliphatic hydroxyl groups is 1. The van der Waals surface area contributed by atoms with Crippen molar-refractivity contribution in [1.29, 1.82) is 0 Å². The molecular formula is C15H14O4. The molecule has 0 fully saturated rings. The molecule has 2 aromatic rings. The average Bonchev–Trinajstić information content (AvgIpc) is 2.46. The van der Waals surface area contributed by atoms with Gasteiger partial charge in [0, 0.05) is 6.07 Å². The predicted molar refractivity (Wildman–Crippen MR) is 71.9 cm³/mol. The van der Waals surface area contributed by atoms with Gasteiger partial charge in [0.15, 0.2) is 0 Å². The summed E-state index contributed by atoms with van der Waals surface area (Å²) in [5.41, 5.74) is 0.761. The number of hydrogen-bond acceptors (Lipinski definition) is 4. The third-order valence-electron chi connectivity index (χ3n) is 2.45. The molecule has 4 heteroatoms. The van der Waals surface area contributed by atoms with Crippen LogP contribution in [-0.4, -0.2) is 11.7 Å². The van der Waals surface area contributed by atoms with Crippen molar-refractivity contribution in [3.8, 4) is 5.75 Å². The highest BCUT2D eigenvalue weighted by atomic mass is 16.5. The number of rotatable bonds is 5. The van der Waals surface area contributed by atoms with E-state index in [2.05, 4.69) is 0 Å². The zero-order valence-corrected chi connectivity index (χ0v) is 10.3. The molecule has 0 bridgehead atoms. The standard InChI is InChI=1S/C15H14O4/c16-10-13-9-14(17)15(11-19-13)18-8-4-7-12-5-2-1-3-6-12/h1-7,9,11,16H,8,10H2. The van der Waals surface area contributed by atoms with Crippen molar-refractivity contribution in [2.45, 2.75) is 6.61 Å². The molecule has 0 unspecified atom stereocenters. The Bertz CT molecular complexity index is 599. The van der Waals surface area contributed by atoms with E-state index < -0.39 is 0 Å². The van der Waals surface area contributed by atoms with Crippen LogP contribution in [0.3, 0.4) is 0 Å². The maximum Gasteiger partial charge on any atom is 0.227 e. The molecular weight excluding hydrogens is 244 g/mol. The summed E-state index contributed by atoms with van der Waals surface area (Å²) >= 11 is 0. The summed E-state index contributed by atoms with van der Waals surface area (Å²) in [5.74, 6) is 0.354. The van der Waals surface area contributed by atoms with Crippen LogP contribution in [0.5, 0.6) is 5.75 Å². The monoisotopic (exact) mass is 258 g/mol. The normalized spacial score (nSPS) is 10.8. The highest BCUT2D eigenvalue weighted by Gasteiger charge is 2.02. The van der Waals surface area contributed by atoms with Crippen molar-refractivity contribution in [3.63, 3.8) is 0 Å². The quantitative estimate of drug-likeness (QED) is 0.893. The molecule has 0 saturated heterocycles. The Morgan fingerprint density at radius 3 is 2.74 bits per heavy atom. The third-order valence-corrected chi connectivity index (χ3v) is 2.45. The lowest BCUT2D eigenvalue weighted by Crippen LogP contribution is -2.07. The number of aliphatic hydroxyl groups excluding tert-OH is 1. The average molecular weight is 258 g/mol. The Balaban J connectivity index is 1.93. The zero-order valence-electron chi connectivity index (χ0n) is 10.3. The van der Waals surface area contributed by atoms with Gasteiger partial charge >= 0.3 is 0 Å². The molecule has 19 heavy (non-hydrogen) atoms. The summed E-state index contributed by atoms with van der Waals surface area (Å²) < 4.78 is 10.3. The lowest BCUT2D eigenvalue weighted by Gasteiger charge is -2.02. The Hall–Kier alpha value is -2.33. The van der Waals surface area contributed by atoms with Crippen molar-refractivity contribution in [2.24, 2.45) is 0 Å². The van der Waals surface area contributed by atoms with E-state index in [0.29, 0.717) is 0 Å². The van der Waals surface area contributed by atoms with Gasteiger partial charge in [0.2, 0.25) is 11.2 Å². The molecule has 1 N–H and O–H groups in total. The summed E-state index contributed by atoms with van der Waals surface area (Å²) in [6, 6.07) is 11.0. The van der Waals surface area contributed by atoms with Crippen LogP contribution in [0.25, 0.3) is 6.08 Å². The highest BCUT2D eigenvalue weighted by molar-refractivity contribution is 5.48. The Labute approximate surface area is 110 Å². The topological polar surface area (TPSA) is 59.7 Å². The summed E-state index contributed by atoms with van der Waals surface area (Å²) in [7, 11) is 0. The van der Waals surface area contributed by atoms with Crippen molar-refractivity contribution < 1.29 is 14.3 Å². The van der Waals surface area contributed by atoms with Gasteiger partial charge in [0.25, 0.3) is 0 Å². The lowest BCUT2D eigenvalue weighted by molar-refractivity contribution is 0.239. The van der Waals surface area contributed by atoms with Crippen molar-refractivity contribution in [3.05, 3.63) is 70.3 Å². The molecule has 1 heterocycles. The van der Waals surface area contributed by atoms with Crippen molar-refractivity contribution >= 4 is 6.08 Å². The van der Waals surface area contributed by atoms with Crippen molar-refractivity contribution in [1.82, 2.24) is 0 Å². The van der Waals surface area contributed by atoms with Gasteiger partial charge in [-0.2, -0.15) is 0 Å². The lowest BCUT2D eigenvalue weighted by atomic mass is 10.2. The summed E-state index contributed by atoms with van der Waals surface area (Å²) in [5, 5.41) is 8.81. The van der Waals surface area contributed by atoms with Gasteiger partial charge in [0.05, 0.1) is 0 Å². The largest absolute Gasteiger partial charge is 0.482 e. The smallest absolute Gasteiger partial charge is 0.227 e. The van der Waals surface area contributed by atoms with Gasteiger partial charge < -0.3 is 14.3 Å². The van der Waals surface area contributed by atoms with Crippen LogP contribution in [0.2, 0.25) is 0 Å². The molecule has 0 aliphatic heterocycles. The van der Waals surface area contributed by atoms with Gasteiger partial charge in [-0.1, -0.05) is 36.4 Å². The Morgan fingerprint density at radius 1 is 1.26 bits per heavy atom. The number of benzene rings is 1. The second kappa shape index (κ2) is 6.56. The maximum absolute atomic E-state index is 11.5. The molecule has 0 radical (unpaired) electrons. The first kappa shape index (κ1) is 13.1. The second-order valence-corrected chi connectivity index (χ2v) is 3.86. The molecule has 0 aliphatic carbocycles. The van der Waals surface area contributed by atoms with Crippen LogP contribution in [0, 0.1) is 0 Å². The van der Waals surface area contributed by atoms with Gasteiger partial charge in [0.1, 0.15) is 25.2 Å². The molecule has 0 saturated carbocycles. The summed E-state index contributed by atoms with van der Waals surface area (Å²) in [4.78, 5) is 11.5. The Kier molecular flexibility index (Phi) is 4.53. The second-order valence-electron chi connectivity index (χ2n) is 3.86. The maximum atomic E-state index is 11.5. The fraction of sp³-hybridized carbons (Fsp3) is 0.133. The van der Waals surface area contributed by atoms with E-state index in [-0.39, 0.29) is 30.2 Å². The molecule has 0 spiro atoms. The molecule has 98 valence electrons. The highest BCUT2D eigenvalue weighted by Crippen LogP contribution is 2.06. The fourth-order valence-corrected chi connectivity index (χ4v) is 1.51. The number of ether oxygens (including phenoxy) is 1. The molecule has 2 rings (SSSR count). The van der Waals surface area contributed by atoms with Crippen molar-refractivity contribution in [2.75, 3.05) is 6.61 Å². The first-order valence-corrected chi connectivity index (χ1v) is 5.86. The van der Waals surface area contributed by atoms with E-state index in [1.807, 2.05) is 42.5 Å². The minimum absolute atomic E-state index is 0.134.